The second-order valence-electron chi connectivity index (χ2n) is 4.66. The Bertz CT molecular complexity index is 710. The van der Waals surface area contributed by atoms with Gasteiger partial charge in [0.2, 0.25) is 11.8 Å². The van der Waals surface area contributed by atoms with Gasteiger partial charge in [0.05, 0.1) is 12.8 Å². The lowest BCUT2D eigenvalue weighted by Crippen LogP contribution is -2.33. The van der Waals surface area contributed by atoms with Crippen LogP contribution in [0.4, 0.5) is 10.5 Å². The number of aromatic nitrogens is 1. The molecule has 0 saturated carbocycles. The molecule has 2 amide bonds. The molecule has 126 valence electrons. The zero-order valence-electron chi connectivity index (χ0n) is 12.9. The van der Waals surface area contributed by atoms with Crippen LogP contribution in [0.15, 0.2) is 42.5 Å². The van der Waals surface area contributed by atoms with E-state index in [-0.39, 0.29) is 18.3 Å². The molecule has 0 fully saturated rings. The fraction of sp³-hybridized carbons (Fsp3) is 0.188. The average molecular weight is 350 g/mol. The molecule has 0 aliphatic carbocycles. The molecule has 0 aliphatic heterocycles. The fourth-order valence-corrected chi connectivity index (χ4v) is 1.94. The number of benzene rings is 1. The standard InChI is InChI=1S/C16H16ClN3O4/c1-23-14-8-7-12(15(17)20-14)19-13(21)9-18-16(22)24-10-11-5-3-2-4-6-11/h2-8H,9-10H2,1H3,(H,18,22)(H,19,21). The maximum Gasteiger partial charge on any atom is 0.407 e. The second kappa shape index (κ2) is 8.73. The first-order valence-electron chi connectivity index (χ1n) is 7.03. The minimum Gasteiger partial charge on any atom is -0.481 e. The molecule has 0 radical (unpaired) electrons. The van der Waals surface area contributed by atoms with E-state index in [4.69, 9.17) is 21.1 Å². The molecule has 0 bridgehead atoms. The number of nitrogens with zero attached hydrogens (tertiary/aromatic N) is 1. The lowest BCUT2D eigenvalue weighted by atomic mass is 10.2. The van der Waals surface area contributed by atoms with Crippen molar-refractivity contribution in [3.8, 4) is 5.88 Å². The number of hydrogen-bond donors (Lipinski definition) is 2. The molecule has 8 heteroatoms. The monoisotopic (exact) mass is 349 g/mol. The van der Waals surface area contributed by atoms with Crippen LogP contribution in [0, 0.1) is 0 Å². The number of carbonyl (C=O) groups is 2. The summed E-state index contributed by atoms with van der Waals surface area (Å²) in [5.41, 5.74) is 1.18. The SMILES string of the molecule is COc1ccc(NC(=O)CNC(=O)OCc2ccccc2)c(Cl)n1. The Morgan fingerprint density at radius 3 is 2.58 bits per heavy atom. The number of alkyl carbamates (subject to hydrolysis) is 1. The van der Waals surface area contributed by atoms with Gasteiger partial charge in [0.1, 0.15) is 13.2 Å². The average Bonchev–Trinajstić information content (AvgIpc) is 2.60. The molecule has 0 atom stereocenters. The van der Waals surface area contributed by atoms with Crippen LogP contribution in [0.1, 0.15) is 5.56 Å². The van der Waals surface area contributed by atoms with Crippen LogP contribution < -0.4 is 15.4 Å². The molecule has 0 aliphatic rings. The third kappa shape index (κ3) is 5.44. The third-order valence-corrected chi connectivity index (χ3v) is 3.20. The van der Waals surface area contributed by atoms with Crippen LogP contribution in [0.2, 0.25) is 5.15 Å². The Morgan fingerprint density at radius 2 is 1.92 bits per heavy atom. The van der Waals surface area contributed by atoms with Crippen molar-refractivity contribution in [1.29, 1.82) is 0 Å². The highest BCUT2D eigenvalue weighted by Gasteiger charge is 2.10. The van der Waals surface area contributed by atoms with Crippen molar-refractivity contribution >= 4 is 29.3 Å². The summed E-state index contributed by atoms with van der Waals surface area (Å²) in [6.45, 7) is -0.126. The number of halogens is 1. The zero-order chi connectivity index (χ0) is 17.4. The molecule has 7 nitrogen and oxygen atoms in total. The van der Waals surface area contributed by atoms with Crippen LogP contribution >= 0.6 is 11.6 Å². The quantitative estimate of drug-likeness (QED) is 0.782. The van der Waals surface area contributed by atoms with Gasteiger partial charge in [-0.15, -0.1) is 0 Å². The van der Waals surface area contributed by atoms with E-state index < -0.39 is 12.0 Å². The van der Waals surface area contributed by atoms with Gasteiger partial charge in [-0.05, 0) is 11.6 Å². The van der Waals surface area contributed by atoms with Crippen molar-refractivity contribution in [3.63, 3.8) is 0 Å². The van der Waals surface area contributed by atoms with Gasteiger partial charge in [-0.2, -0.15) is 4.98 Å². The number of ether oxygens (including phenoxy) is 2. The lowest BCUT2D eigenvalue weighted by molar-refractivity contribution is -0.115. The predicted octanol–water partition coefficient (Wildman–Crippen LogP) is 2.61. The summed E-state index contributed by atoms with van der Waals surface area (Å²) in [7, 11) is 1.46. The van der Waals surface area contributed by atoms with E-state index in [2.05, 4.69) is 15.6 Å². The van der Waals surface area contributed by atoms with Crippen molar-refractivity contribution in [2.45, 2.75) is 6.61 Å². The smallest absolute Gasteiger partial charge is 0.407 e. The van der Waals surface area contributed by atoms with Crippen molar-refractivity contribution < 1.29 is 19.1 Å². The molecule has 0 unspecified atom stereocenters. The van der Waals surface area contributed by atoms with E-state index in [9.17, 15) is 9.59 Å². The van der Waals surface area contributed by atoms with Gasteiger partial charge in [-0.1, -0.05) is 41.9 Å². The normalized spacial score (nSPS) is 9.92. The largest absolute Gasteiger partial charge is 0.481 e. The third-order valence-electron chi connectivity index (χ3n) is 2.91. The summed E-state index contributed by atoms with van der Waals surface area (Å²) < 4.78 is 9.91. The van der Waals surface area contributed by atoms with Crippen LogP contribution in [-0.4, -0.2) is 30.6 Å². The van der Waals surface area contributed by atoms with Crippen molar-refractivity contribution in [2.24, 2.45) is 0 Å². The molecule has 2 N–H and O–H groups in total. The van der Waals surface area contributed by atoms with Gasteiger partial charge in [-0.25, -0.2) is 4.79 Å². The zero-order valence-corrected chi connectivity index (χ0v) is 13.7. The number of amides is 2. The van der Waals surface area contributed by atoms with Gasteiger partial charge in [-0.3, -0.25) is 4.79 Å². The molecule has 1 aromatic heterocycles. The van der Waals surface area contributed by atoms with Crippen LogP contribution in [0.3, 0.4) is 0 Å². The molecule has 24 heavy (non-hydrogen) atoms. The number of carbonyl (C=O) groups excluding carboxylic acids is 2. The Hall–Kier alpha value is -2.80. The van der Waals surface area contributed by atoms with Crippen molar-refractivity contribution in [3.05, 3.63) is 53.2 Å². The highest BCUT2D eigenvalue weighted by atomic mass is 35.5. The molecule has 1 aromatic carbocycles. The second-order valence-corrected chi connectivity index (χ2v) is 5.01. The number of nitrogens with one attached hydrogen (secondary N) is 2. The van der Waals surface area contributed by atoms with E-state index in [1.165, 1.54) is 7.11 Å². The number of rotatable bonds is 6. The summed E-state index contributed by atoms with van der Waals surface area (Å²) in [6.07, 6.45) is -0.687. The van der Waals surface area contributed by atoms with E-state index in [1.54, 1.807) is 12.1 Å². The minimum absolute atomic E-state index is 0.0920. The Labute approximate surface area is 143 Å². The van der Waals surface area contributed by atoms with E-state index in [1.807, 2.05) is 30.3 Å². The molecular formula is C16H16ClN3O4. The maximum absolute atomic E-state index is 11.8. The summed E-state index contributed by atoms with van der Waals surface area (Å²) in [5, 5.41) is 4.98. The van der Waals surface area contributed by atoms with Gasteiger partial charge in [0, 0.05) is 6.07 Å². The number of hydrogen-bond acceptors (Lipinski definition) is 5. The Kier molecular flexibility index (Phi) is 6.39. The molecule has 0 saturated heterocycles. The van der Waals surface area contributed by atoms with Gasteiger partial charge in [0.15, 0.2) is 5.15 Å². The Balaban J connectivity index is 1.75. The highest BCUT2D eigenvalue weighted by molar-refractivity contribution is 6.32. The van der Waals surface area contributed by atoms with Gasteiger partial charge >= 0.3 is 6.09 Å². The summed E-state index contributed by atoms with van der Waals surface area (Å²) >= 11 is 5.91. The van der Waals surface area contributed by atoms with E-state index in [0.29, 0.717) is 11.6 Å². The first-order valence-corrected chi connectivity index (χ1v) is 7.41. The molecule has 2 aromatic rings. The first-order chi connectivity index (χ1) is 11.6. The predicted molar refractivity (Wildman–Crippen MR) is 89.1 cm³/mol. The van der Waals surface area contributed by atoms with Crippen LogP contribution in [0.5, 0.6) is 5.88 Å². The van der Waals surface area contributed by atoms with E-state index >= 15 is 0 Å². The van der Waals surface area contributed by atoms with Crippen LogP contribution in [-0.2, 0) is 16.1 Å². The highest BCUT2D eigenvalue weighted by Crippen LogP contribution is 2.22. The maximum atomic E-state index is 11.8. The molecule has 0 spiro atoms. The number of pyridine rings is 1. The molecule has 1 heterocycles. The lowest BCUT2D eigenvalue weighted by Gasteiger charge is -2.09. The topological polar surface area (TPSA) is 89.6 Å². The summed E-state index contributed by atoms with van der Waals surface area (Å²) in [5.74, 6) is -0.124. The summed E-state index contributed by atoms with van der Waals surface area (Å²) in [6, 6.07) is 12.3. The first kappa shape index (κ1) is 17.6. The van der Waals surface area contributed by atoms with Crippen molar-refractivity contribution in [2.75, 3.05) is 19.0 Å². The van der Waals surface area contributed by atoms with Gasteiger partial charge < -0.3 is 20.1 Å². The number of methoxy groups -OCH3 is 1. The number of anilines is 1. The van der Waals surface area contributed by atoms with Gasteiger partial charge in [0.25, 0.3) is 0 Å². The van der Waals surface area contributed by atoms with Crippen LogP contribution in [0.25, 0.3) is 0 Å². The molecule has 2 rings (SSSR count). The summed E-state index contributed by atoms with van der Waals surface area (Å²) in [4.78, 5) is 27.3. The van der Waals surface area contributed by atoms with E-state index in [0.717, 1.165) is 5.56 Å². The fourth-order valence-electron chi connectivity index (χ4n) is 1.75. The Morgan fingerprint density at radius 1 is 1.17 bits per heavy atom. The van der Waals surface area contributed by atoms with Crippen molar-refractivity contribution in [1.82, 2.24) is 10.3 Å². The molecular weight excluding hydrogens is 334 g/mol. The minimum atomic E-state index is -0.687.